The molecule has 3 aromatic rings. The van der Waals surface area contributed by atoms with E-state index in [2.05, 4.69) is 10.6 Å². The van der Waals surface area contributed by atoms with Crippen LogP contribution in [0.15, 0.2) is 65.3 Å². The minimum Gasteiger partial charge on any atom is -0.497 e. The third kappa shape index (κ3) is 4.50. The predicted octanol–water partition coefficient (Wildman–Crippen LogP) is 3.48. The van der Waals surface area contributed by atoms with E-state index in [9.17, 15) is 9.59 Å². The highest BCUT2D eigenvalue weighted by molar-refractivity contribution is 6.05. The fraction of sp³-hybridized carbons (Fsp3) is 0.143. The number of rotatable bonds is 7. The Hall–Kier alpha value is -3.74. The van der Waals surface area contributed by atoms with Gasteiger partial charge >= 0.3 is 0 Å². The van der Waals surface area contributed by atoms with Crippen molar-refractivity contribution in [1.82, 2.24) is 5.32 Å². The van der Waals surface area contributed by atoms with E-state index in [-0.39, 0.29) is 11.8 Å². The van der Waals surface area contributed by atoms with Crippen LogP contribution in [0.3, 0.4) is 0 Å². The molecule has 144 valence electrons. The summed E-state index contributed by atoms with van der Waals surface area (Å²) in [7, 11) is 3.07. The molecule has 0 unspecified atom stereocenters. The highest BCUT2D eigenvalue weighted by Gasteiger charge is 2.12. The molecule has 0 fully saturated rings. The van der Waals surface area contributed by atoms with Crippen molar-refractivity contribution in [1.29, 1.82) is 0 Å². The van der Waals surface area contributed by atoms with Gasteiger partial charge in [0.2, 0.25) is 0 Å². The fourth-order valence-corrected chi connectivity index (χ4v) is 2.55. The topological polar surface area (TPSA) is 89.8 Å². The van der Waals surface area contributed by atoms with Crippen molar-refractivity contribution in [3.63, 3.8) is 0 Å². The first-order valence-electron chi connectivity index (χ1n) is 8.54. The van der Waals surface area contributed by atoms with Gasteiger partial charge in [0, 0.05) is 17.2 Å². The van der Waals surface area contributed by atoms with E-state index in [0.29, 0.717) is 40.6 Å². The van der Waals surface area contributed by atoms with Crippen molar-refractivity contribution in [3.8, 4) is 11.5 Å². The molecule has 0 saturated heterocycles. The molecule has 0 spiro atoms. The molecule has 1 heterocycles. The molecule has 0 aliphatic heterocycles. The maximum atomic E-state index is 12.5. The van der Waals surface area contributed by atoms with Crippen LogP contribution >= 0.6 is 0 Å². The van der Waals surface area contributed by atoms with Gasteiger partial charge in [-0.1, -0.05) is 0 Å². The lowest BCUT2D eigenvalue weighted by Crippen LogP contribution is -2.22. The van der Waals surface area contributed by atoms with Gasteiger partial charge in [-0.25, -0.2) is 0 Å². The number of carbonyl (C=O) groups excluding carboxylic acids is 2. The average Bonchev–Trinajstić information content (AvgIpc) is 3.26. The van der Waals surface area contributed by atoms with Crippen LogP contribution in [0.25, 0.3) is 0 Å². The Morgan fingerprint density at radius 3 is 2.25 bits per heavy atom. The molecule has 2 aromatic carbocycles. The molecular weight excluding hydrogens is 360 g/mol. The minimum atomic E-state index is -0.314. The lowest BCUT2D eigenvalue weighted by Gasteiger charge is -2.12. The standard InChI is InChI=1S/C21H20N2O5/c1-26-16-9-10-18(19(12-16)27-2)23-21(25)15-7-5-14(6-8-15)20(24)22-13-17-4-3-11-28-17/h3-12H,13H2,1-2H3,(H,22,24)(H,23,25). The van der Waals surface area contributed by atoms with E-state index in [1.807, 2.05) is 0 Å². The van der Waals surface area contributed by atoms with E-state index in [0.717, 1.165) is 0 Å². The van der Waals surface area contributed by atoms with Crippen molar-refractivity contribution in [3.05, 3.63) is 77.7 Å². The number of hydrogen-bond acceptors (Lipinski definition) is 5. The molecule has 2 amide bonds. The fourth-order valence-electron chi connectivity index (χ4n) is 2.55. The number of benzene rings is 2. The van der Waals surface area contributed by atoms with Crippen molar-refractivity contribution >= 4 is 17.5 Å². The van der Waals surface area contributed by atoms with Crippen LogP contribution in [-0.2, 0) is 6.54 Å². The second kappa shape index (κ2) is 8.77. The van der Waals surface area contributed by atoms with Crippen molar-refractivity contribution in [2.75, 3.05) is 19.5 Å². The van der Waals surface area contributed by atoms with Crippen LogP contribution in [0, 0.1) is 0 Å². The smallest absolute Gasteiger partial charge is 0.255 e. The summed E-state index contributed by atoms with van der Waals surface area (Å²) >= 11 is 0. The molecule has 0 radical (unpaired) electrons. The lowest BCUT2D eigenvalue weighted by atomic mass is 10.1. The molecule has 1 aromatic heterocycles. The first kappa shape index (κ1) is 19.0. The number of methoxy groups -OCH3 is 2. The molecule has 7 heteroatoms. The van der Waals surface area contributed by atoms with E-state index in [4.69, 9.17) is 13.9 Å². The number of anilines is 1. The summed E-state index contributed by atoms with van der Waals surface area (Å²) in [5.74, 6) is 1.21. The normalized spacial score (nSPS) is 10.2. The molecule has 0 aliphatic carbocycles. The summed E-state index contributed by atoms with van der Waals surface area (Å²) in [5, 5.41) is 5.54. The van der Waals surface area contributed by atoms with Crippen LogP contribution < -0.4 is 20.1 Å². The van der Waals surface area contributed by atoms with Gasteiger partial charge in [-0.2, -0.15) is 0 Å². The number of carbonyl (C=O) groups is 2. The quantitative estimate of drug-likeness (QED) is 0.655. The summed E-state index contributed by atoms with van der Waals surface area (Å²) in [4.78, 5) is 24.7. The number of amides is 2. The zero-order valence-corrected chi connectivity index (χ0v) is 15.5. The molecule has 28 heavy (non-hydrogen) atoms. The third-order valence-electron chi connectivity index (χ3n) is 4.07. The average molecular weight is 380 g/mol. The second-order valence-electron chi connectivity index (χ2n) is 5.86. The maximum absolute atomic E-state index is 12.5. The van der Waals surface area contributed by atoms with Gasteiger partial charge in [-0.3, -0.25) is 9.59 Å². The van der Waals surface area contributed by atoms with Gasteiger partial charge in [0.05, 0.1) is 32.7 Å². The Kier molecular flexibility index (Phi) is 5.96. The maximum Gasteiger partial charge on any atom is 0.255 e. The van der Waals surface area contributed by atoms with E-state index < -0.39 is 0 Å². The molecule has 0 atom stereocenters. The van der Waals surface area contributed by atoms with Gasteiger partial charge in [-0.05, 0) is 48.5 Å². The van der Waals surface area contributed by atoms with Gasteiger partial charge in [-0.15, -0.1) is 0 Å². The number of hydrogen-bond donors (Lipinski definition) is 2. The molecule has 0 saturated carbocycles. The summed E-state index contributed by atoms with van der Waals surface area (Å²) in [6.45, 7) is 0.297. The molecule has 3 rings (SSSR count). The molecule has 0 aliphatic rings. The second-order valence-corrected chi connectivity index (χ2v) is 5.86. The molecule has 2 N–H and O–H groups in total. The Labute approximate surface area is 162 Å². The first-order valence-corrected chi connectivity index (χ1v) is 8.54. The van der Waals surface area contributed by atoms with Crippen molar-refractivity contribution < 1.29 is 23.5 Å². The minimum absolute atomic E-state index is 0.250. The summed E-state index contributed by atoms with van der Waals surface area (Å²) in [6, 6.07) is 15.0. The van der Waals surface area contributed by atoms with E-state index >= 15 is 0 Å². The Morgan fingerprint density at radius 1 is 0.929 bits per heavy atom. The summed E-state index contributed by atoms with van der Waals surface area (Å²) in [5.41, 5.74) is 1.39. The SMILES string of the molecule is COc1ccc(NC(=O)c2ccc(C(=O)NCc3ccco3)cc2)c(OC)c1. The van der Waals surface area contributed by atoms with Gasteiger partial charge < -0.3 is 24.5 Å². The Morgan fingerprint density at radius 2 is 1.64 bits per heavy atom. The van der Waals surface area contributed by atoms with Crippen LogP contribution in [-0.4, -0.2) is 26.0 Å². The molecule has 0 bridgehead atoms. The summed E-state index contributed by atoms with van der Waals surface area (Å²) in [6.07, 6.45) is 1.55. The number of nitrogens with one attached hydrogen (secondary N) is 2. The highest BCUT2D eigenvalue weighted by Crippen LogP contribution is 2.29. The number of furan rings is 1. The third-order valence-corrected chi connectivity index (χ3v) is 4.07. The largest absolute Gasteiger partial charge is 0.497 e. The Bertz CT molecular complexity index is 949. The van der Waals surface area contributed by atoms with Crippen LogP contribution in [0.4, 0.5) is 5.69 Å². The van der Waals surface area contributed by atoms with Crippen molar-refractivity contribution in [2.24, 2.45) is 0 Å². The van der Waals surface area contributed by atoms with Crippen LogP contribution in [0.2, 0.25) is 0 Å². The van der Waals surface area contributed by atoms with Gasteiger partial charge in [0.1, 0.15) is 17.3 Å². The number of ether oxygens (including phenoxy) is 2. The molecular formula is C21H20N2O5. The Balaban J connectivity index is 1.64. The predicted molar refractivity (Wildman–Crippen MR) is 104 cm³/mol. The van der Waals surface area contributed by atoms with Crippen LogP contribution in [0.5, 0.6) is 11.5 Å². The monoisotopic (exact) mass is 380 g/mol. The zero-order chi connectivity index (χ0) is 19.9. The van der Waals surface area contributed by atoms with Gasteiger partial charge in [0.15, 0.2) is 0 Å². The molecule has 7 nitrogen and oxygen atoms in total. The van der Waals surface area contributed by atoms with Crippen molar-refractivity contribution in [2.45, 2.75) is 6.54 Å². The lowest BCUT2D eigenvalue weighted by molar-refractivity contribution is 0.0946. The summed E-state index contributed by atoms with van der Waals surface area (Å²) < 4.78 is 15.6. The van der Waals surface area contributed by atoms with Crippen LogP contribution in [0.1, 0.15) is 26.5 Å². The highest BCUT2D eigenvalue weighted by atomic mass is 16.5. The van der Waals surface area contributed by atoms with Gasteiger partial charge in [0.25, 0.3) is 11.8 Å². The zero-order valence-electron chi connectivity index (χ0n) is 15.5. The van der Waals surface area contributed by atoms with E-state index in [1.165, 1.54) is 7.11 Å². The van der Waals surface area contributed by atoms with E-state index in [1.54, 1.807) is 68.0 Å². The first-order chi connectivity index (χ1) is 13.6.